The zero-order valence-corrected chi connectivity index (χ0v) is 12.3. The predicted molar refractivity (Wildman–Crippen MR) is 73.6 cm³/mol. The quantitative estimate of drug-likeness (QED) is 0.718. The maximum absolute atomic E-state index is 12.2. The van der Waals surface area contributed by atoms with Crippen molar-refractivity contribution in [1.29, 1.82) is 0 Å². The molecule has 1 aliphatic rings. The minimum Gasteiger partial charge on any atom is -0.385 e. The Balaban J connectivity index is 2.41. The van der Waals surface area contributed by atoms with Crippen molar-refractivity contribution in [3.63, 3.8) is 0 Å². The van der Waals surface area contributed by atoms with Crippen LogP contribution in [-0.4, -0.2) is 50.2 Å². The Morgan fingerprint density at radius 1 is 1.50 bits per heavy atom. The Bertz CT molecular complexity index is 267. The second kappa shape index (κ2) is 7.10. The van der Waals surface area contributed by atoms with E-state index in [2.05, 4.69) is 26.1 Å². The molecule has 0 aromatic rings. The molecule has 4 nitrogen and oxygen atoms in total. The van der Waals surface area contributed by atoms with Crippen molar-refractivity contribution in [3.05, 3.63) is 0 Å². The van der Waals surface area contributed by atoms with Gasteiger partial charge in [-0.05, 0) is 31.2 Å². The summed E-state index contributed by atoms with van der Waals surface area (Å²) in [4.78, 5) is 14.2. The molecule has 1 rings (SSSR count). The van der Waals surface area contributed by atoms with E-state index in [-0.39, 0.29) is 17.4 Å². The van der Waals surface area contributed by atoms with E-state index in [4.69, 9.17) is 4.74 Å². The first-order valence-electron chi connectivity index (χ1n) is 7.01. The summed E-state index contributed by atoms with van der Waals surface area (Å²) in [5, 5.41) is 3.32. The number of hydrogen-bond donors (Lipinski definition) is 1. The van der Waals surface area contributed by atoms with E-state index in [1.807, 2.05) is 4.90 Å². The molecular weight excluding hydrogens is 228 g/mol. The van der Waals surface area contributed by atoms with Crippen LogP contribution in [0.4, 0.5) is 0 Å². The van der Waals surface area contributed by atoms with E-state index in [1.165, 1.54) is 0 Å². The summed E-state index contributed by atoms with van der Waals surface area (Å²) in [6.07, 6.45) is 3.00. The van der Waals surface area contributed by atoms with Gasteiger partial charge in [0.1, 0.15) is 0 Å². The predicted octanol–water partition coefficient (Wildman–Crippen LogP) is 1.65. The number of carbonyl (C=O) groups is 1. The normalized spacial score (nSPS) is 20.8. The molecule has 1 atom stereocenters. The van der Waals surface area contributed by atoms with E-state index in [9.17, 15) is 4.79 Å². The average molecular weight is 256 g/mol. The summed E-state index contributed by atoms with van der Waals surface area (Å²) in [6.45, 7) is 9.93. The molecule has 1 heterocycles. The largest absolute Gasteiger partial charge is 0.385 e. The number of hydrogen-bond acceptors (Lipinski definition) is 3. The molecule has 0 saturated carbocycles. The van der Waals surface area contributed by atoms with Crippen LogP contribution in [0.15, 0.2) is 0 Å². The third-order valence-electron chi connectivity index (χ3n) is 3.54. The minimum atomic E-state index is 0.0446. The second-order valence-corrected chi connectivity index (χ2v) is 5.96. The Morgan fingerprint density at radius 3 is 2.83 bits per heavy atom. The number of methoxy groups -OCH3 is 1. The van der Waals surface area contributed by atoms with Gasteiger partial charge in [0.25, 0.3) is 0 Å². The summed E-state index contributed by atoms with van der Waals surface area (Å²) in [7, 11) is 1.72. The van der Waals surface area contributed by atoms with Crippen molar-refractivity contribution in [1.82, 2.24) is 10.2 Å². The van der Waals surface area contributed by atoms with Gasteiger partial charge in [-0.1, -0.05) is 20.8 Å². The standard InChI is InChI=1S/C14H28N2O2/c1-5-8-15-12-6-9-16(13(12)17)11-14(2,3)7-10-18-4/h12,15H,5-11H2,1-4H3. The monoisotopic (exact) mass is 256 g/mol. The molecule has 0 aromatic heterocycles. The van der Waals surface area contributed by atoms with Gasteiger partial charge >= 0.3 is 0 Å². The lowest BCUT2D eigenvalue weighted by molar-refractivity contribution is -0.130. The van der Waals surface area contributed by atoms with E-state index < -0.39 is 0 Å². The van der Waals surface area contributed by atoms with Crippen molar-refractivity contribution in [3.8, 4) is 0 Å². The molecule has 0 aliphatic carbocycles. The summed E-state index contributed by atoms with van der Waals surface area (Å²) < 4.78 is 5.13. The third kappa shape index (κ3) is 4.58. The van der Waals surface area contributed by atoms with Crippen molar-refractivity contribution in [2.45, 2.75) is 46.1 Å². The van der Waals surface area contributed by atoms with Gasteiger partial charge in [-0.25, -0.2) is 0 Å². The number of rotatable bonds is 8. The number of nitrogens with zero attached hydrogens (tertiary/aromatic N) is 1. The lowest BCUT2D eigenvalue weighted by Gasteiger charge is -2.30. The zero-order valence-electron chi connectivity index (χ0n) is 12.3. The SMILES string of the molecule is CCCNC1CCN(CC(C)(C)CCOC)C1=O. The van der Waals surface area contributed by atoms with E-state index in [1.54, 1.807) is 7.11 Å². The fraction of sp³-hybridized carbons (Fsp3) is 0.929. The van der Waals surface area contributed by atoms with E-state index in [0.717, 1.165) is 45.5 Å². The Morgan fingerprint density at radius 2 is 2.22 bits per heavy atom. The van der Waals surface area contributed by atoms with Crippen molar-refractivity contribution >= 4 is 5.91 Å². The van der Waals surface area contributed by atoms with Gasteiger partial charge in [-0.15, -0.1) is 0 Å². The molecule has 0 spiro atoms. The van der Waals surface area contributed by atoms with Crippen LogP contribution in [0.3, 0.4) is 0 Å². The fourth-order valence-electron chi connectivity index (χ4n) is 2.38. The van der Waals surface area contributed by atoms with Gasteiger partial charge in [-0.2, -0.15) is 0 Å². The molecule has 0 aromatic carbocycles. The summed E-state index contributed by atoms with van der Waals surface area (Å²) in [5.41, 5.74) is 0.130. The molecule has 106 valence electrons. The zero-order chi connectivity index (χ0) is 13.6. The first kappa shape index (κ1) is 15.4. The molecule has 1 N–H and O–H groups in total. The van der Waals surface area contributed by atoms with Crippen LogP contribution in [0.25, 0.3) is 0 Å². The molecule has 1 fully saturated rings. The fourth-order valence-corrected chi connectivity index (χ4v) is 2.38. The van der Waals surface area contributed by atoms with Crippen LogP contribution in [-0.2, 0) is 9.53 Å². The van der Waals surface area contributed by atoms with Gasteiger partial charge in [0.05, 0.1) is 6.04 Å². The molecule has 1 unspecified atom stereocenters. The Labute approximate surface area is 111 Å². The highest BCUT2D eigenvalue weighted by molar-refractivity contribution is 5.84. The summed E-state index contributed by atoms with van der Waals surface area (Å²) >= 11 is 0. The molecule has 0 bridgehead atoms. The number of carbonyl (C=O) groups excluding carboxylic acids is 1. The number of likely N-dealkylation sites (tertiary alicyclic amines) is 1. The smallest absolute Gasteiger partial charge is 0.239 e. The van der Waals surface area contributed by atoms with E-state index >= 15 is 0 Å². The Kier molecular flexibility index (Phi) is 6.09. The highest BCUT2D eigenvalue weighted by Gasteiger charge is 2.34. The molecule has 1 saturated heterocycles. The van der Waals surface area contributed by atoms with Crippen LogP contribution in [0.1, 0.15) is 40.0 Å². The molecule has 1 aliphatic heterocycles. The first-order valence-corrected chi connectivity index (χ1v) is 7.01. The molecule has 0 radical (unpaired) electrons. The van der Waals surface area contributed by atoms with Crippen LogP contribution in [0.2, 0.25) is 0 Å². The van der Waals surface area contributed by atoms with Gasteiger partial charge in [0, 0.05) is 26.8 Å². The van der Waals surface area contributed by atoms with Gasteiger partial charge < -0.3 is 15.0 Å². The maximum atomic E-state index is 12.2. The van der Waals surface area contributed by atoms with Gasteiger partial charge in [-0.3, -0.25) is 4.79 Å². The van der Waals surface area contributed by atoms with Crippen LogP contribution >= 0.6 is 0 Å². The lowest BCUT2D eigenvalue weighted by Crippen LogP contribution is -2.42. The van der Waals surface area contributed by atoms with E-state index in [0.29, 0.717) is 0 Å². The van der Waals surface area contributed by atoms with Crippen molar-refractivity contribution < 1.29 is 9.53 Å². The summed E-state index contributed by atoms with van der Waals surface area (Å²) in [6, 6.07) is 0.0446. The second-order valence-electron chi connectivity index (χ2n) is 5.96. The number of nitrogens with one attached hydrogen (secondary N) is 1. The van der Waals surface area contributed by atoms with Gasteiger partial charge in [0.2, 0.25) is 5.91 Å². The Hall–Kier alpha value is -0.610. The van der Waals surface area contributed by atoms with Crippen LogP contribution < -0.4 is 5.32 Å². The average Bonchev–Trinajstić information content (AvgIpc) is 2.65. The highest BCUT2D eigenvalue weighted by atomic mass is 16.5. The minimum absolute atomic E-state index is 0.0446. The van der Waals surface area contributed by atoms with Gasteiger partial charge in [0.15, 0.2) is 0 Å². The van der Waals surface area contributed by atoms with Crippen molar-refractivity contribution in [2.24, 2.45) is 5.41 Å². The highest BCUT2D eigenvalue weighted by Crippen LogP contribution is 2.24. The molecule has 4 heteroatoms. The molecular formula is C14H28N2O2. The third-order valence-corrected chi connectivity index (χ3v) is 3.54. The lowest BCUT2D eigenvalue weighted by atomic mass is 9.89. The maximum Gasteiger partial charge on any atom is 0.239 e. The van der Waals surface area contributed by atoms with Crippen molar-refractivity contribution in [2.75, 3.05) is 33.4 Å². The topological polar surface area (TPSA) is 41.6 Å². The van der Waals surface area contributed by atoms with Crippen LogP contribution in [0.5, 0.6) is 0 Å². The molecule has 1 amide bonds. The number of ether oxygens (including phenoxy) is 1. The molecule has 18 heavy (non-hydrogen) atoms. The first-order chi connectivity index (χ1) is 8.50. The van der Waals surface area contributed by atoms with Crippen LogP contribution in [0, 0.1) is 5.41 Å². The number of amides is 1. The summed E-state index contributed by atoms with van der Waals surface area (Å²) in [5.74, 6) is 0.272.